The van der Waals surface area contributed by atoms with Gasteiger partial charge in [0.05, 0.1) is 11.0 Å². The van der Waals surface area contributed by atoms with Gasteiger partial charge in [-0.2, -0.15) is 6.07 Å². The Morgan fingerprint density at radius 1 is 0.581 bits per heavy atom. The minimum atomic E-state index is -0.138. The Labute approximate surface area is 378 Å². The molecule has 0 N–H and O–H groups in total. The number of hydrogen-bond donors (Lipinski definition) is 0. The number of ether oxygens (including phenoxy) is 1. The first-order valence-electron chi connectivity index (χ1n) is 20.9. The Kier molecular flexibility index (Phi) is 10.5. The zero-order chi connectivity index (χ0) is 42.0. The number of pyridine rings is 1. The van der Waals surface area contributed by atoms with Gasteiger partial charge in [0.1, 0.15) is 5.82 Å². The predicted molar refractivity (Wildman–Crippen MR) is 252 cm³/mol. The molecule has 10 rings (SSSR count). The van der Waals surface area contributed by atoms with Crippen molar-refractivity contribution in [2.45, 2.75) is 59.3 Å². The van der Waals surface area contributed by atoms with Crippen LogP contribution in [0.5, 0.6) is 11.5 Å². The first-order valence-corrected chi connectivity index (χ1v) is 20.9. The summed E-state index contributed by atoms with van der Waals surface area (Å²) >= 11 is 0. The van der Waals surface area contributed by atoms with Gasteiger partial charge in [-0.15, -0.1) is 48.3 Å². The summed E-state index contributed by atoms with van der Waals surface area (Å²) in [6, 6.07) is 56.4. The third-order valence-corrected chi connectivity index (χ3v) is 11.7. The van der Waals surface area contributed by atoms with Crippen LogP contribution in [-0.2, 0) is 31.3 Å². The molecular formula is C55H48N5OPd-3. The summed E-state index contributed by atoms with van der Waals surface area (Å²) in [6.07, 6.45) is 6.15. The summed E-state index contributed by atoms with van der Waals surface area (Å²) in [6.45, 7) is 17.6. The van der Waals surface area contributed by atoms with Crippen LogP contribution in [0.2, 0.25) is 0 Å². The Morgan fingerprint density at radius 2 is 1.24 bits per heavy atom. The van der Waals surface area contributed by atoms with Crippen LogP contribution in [0.1, 0.15) is 58.2 Å². The molecule has 1 aliphatic rings. The Balaban J connectivity index is 0.00000490. The van der Waals surface area contributed by atoms with Crippen molar-refractivity contribution in [1.82, 2.24) is 14.1 Å². The summed E-state index contributed by atoms with van der Waals surface area (Å²) in [5.74, 6) is 2.03. The average molecular weight is 901 g/mol. The summed E-state index contributed by atoms with van der Waals surface area (Å²) in [5, 5.41) is 2.18. The Morgan fingerprint density at radius 3 is 1.95 bits per heavy atom. The van der Waals surface area contributed by atoms with E-state index in [4.69, 9.17) is 9.72 Å². The quantitative estimate of drug-likeness (QED) is 0.118. The number of para-hydroxylation sites is 2. The van der Waals surface area contributed by atoms with Gasteiger partial charge < -0.3 is 23.7 Å². The molecule has 0 saturated carbocycles. The monoisotopic (exact) mass is 900 g/mol. The number of aromatic nitrogens is 3. The number of fused-ring (bicyclic) bond motifs is 5. The van der Waals surface area contributed by atoms with Crippen molar-refractivity contribution in [1.29, 1.82) is 0 Å². The van der Waals surface area contributed by atoms with Gasteiger partial charge in [-0.1, -0.05) is 131 Å². The van der Waals surface area contributed by atoms with Crippen molar-refractivity contribution in [2.75, 3.05) is 9.80 Å². The summed E-state index contributed by atoms with van der Waals surface area (Å²) in [4.78, 5) is 9.41. The molecule has 6 nitrogen and oxygen atoms in total. The predicted octanol–water partition coefficient (Wildman–Crippen LogP) is 14.0. The number of anilines is 2. The smallest absolute Gasteiger partial charge is 0.135 e. The third-order valence-electron chi connectivity index (χ3n) is 11.7. The van der Waals surface area contributed by atoms with E-state index in [9.17, 15) is 0 Å². The number of benzene rings is 6. The molecule has 6 aromatic carbocycles. The first-order chi connectivity index (χ1) is 29.4. The topological polar surface area (TPSA) is 38.5 Å². The fourth-order valence-corrected chi connectivity index (χ4v) is 8.41. The number of rotatable bonds is 7. The second kappa shape index (κ2) is 15.8. The second-order valence-corrected chi connectivity index (χ2v) is 18.0. The number of aryl methyl sites for hydroxylation is 1. The van der Waals surface area contributed by atoms with Crippen LogP contribution in [0.25, 0.3) is 55.5 Å². The van der Waals surface area contributed by atoms with E-state index in [-0.39, 0.29) is 31.3 Å². The molecule has 3 aromatic heterocycles. The average Bonchev–Trinajstić information content (AvgIpc) is 3.97. The largest absolute Gasteiger partial charge is 0.509 e. The van der Waals surface area contributed by atoms with Crippen molar-refractivity contribution in [3.8, 4) is 34.1 Å². The SMILES string of the molecule is Cc1cc(-n2c3[c-]c(Oc4[c-]c(N5C=CN(c6ccc(C(C)(C)C)cc6)[CH-]5)cc(C(C)(C)C)c4)ccc3c3c2c2ccccc2n3-c2ccccc2)ncc1-c1ccccc1.[Pd]. The zero-order valence-electron chi connectivity index (χ0n) is 36.0. The van der Waals surface area contributed by atoms with Crippen LogP contribution in [-0.4, -0.2) is 14.1 Å². The van der Waals surface area contributed by atoms with E-state index < -0.39 is 0 Å². The van der Waals surface area contributed by atoms with Crippen molar-refractivity contribution >= 4 is 44.2 Å². The molecule has 1 aliphatic heterocycles. The molecule has 0 amide bonds. The van der Waals surface area contributed by atoms with Crippen LogP contribution in [0.15, 0.2) is 158 Å². The van der Waals surface area contributed by atoms with E-state index >= 15 is 0 Å². The van der Waals surface area contributed by atoms with Crippen LogP contribution < -0.4 is 14.5 Å². The second-order valence-electron chi connectivity index (χ2n) is 18.0. The van der Waals surface area contributed by atoms with E-state index in [1.54, 1.807) is 0 Å². The third kappa shape index (κ3) is 7.40. The van der Waals surface area contributed by atoms with E-state index in [0.717, 1.165) is 78.0 Å². The van der Waals surface area contributed by atoms with E-state index in [0.29, 0.717) is 11.5 Å². The first kappa shape index (κ1) is 41.0. The Bertz CT molecular complexity index is 3110. The molecule has 0 aliphatic carbocycles. The van der Waals surface area contributed by atoms with Crippen molar-refractivity contribution < 1.29 is 25.2 Å². The molecule has 9 aromatic rings. The number of nitrogens with zero attached hydrogens (tertiary/aromatic N) is 5. The van der Waals surface area contributed by atoms with Crippen molar-refractivity contribution in [3.05, 3.63) is 194 Å². The van der Waals surface area contributed by atoms with Gasteiger partial charge >= 0.3 is 0 Å². The summed E-state index contributed by atoms with van der Waals surface area (Å²) < 4.78 is 11.4. The normalized spacial score (nSPS) is 13.1. The van der Waals surface area contributed by atoms with Crippen LogP contribution >= 0.6 is 0 Å². The molecule has 312 valence electrons. The van der Waals surface area contributed by atoms with Crippen molar-refractivity contribution in [3.63, 3.8) is 0 Å². The minimum Gasteiger partial charge on any atom is -0.509 e. The molecule has 0 spiro atoms. The van der Waals surface area contributed by atoms with Gasteiger partial charge in [-0.05, 0) is 83.2 Å². The summed E-state index contributed by atoms with van der Waals surface area (Å²) in [5.41, 5.74) is 13.0. The minimum absolute atomic E-state index is 0. The van der Waals surface area contributed by atoms with E-state index in [1.165, 1.54) is 5.56 Å². The van der Waals surface area contributed by atoms with Gasteiger partial charge in [-0.3, -0.25) is 0 Å². The van der Waals surface area contributed by atoms with Gasteiger partial charge in [0.15, 0.2) is 0 Å². The molecule has 62 heavy (non-hydrogen) atoms. The van der Waals surface area contributed by atoms with Gasteiger partial charge in [0, 0.05) is 66.0 Å². The van der Waals surface area contributed by atoms with Crippen LogP contribution in [0.4, 0.5) is 11.4 Å². The van der Waals surface area contributed by atoms with Gasteiger partial charge in [0.25, 0.3) is 0 Å². The molecule has 0 bridgehead atoms. The molecule has 0 fully saturated rings. The fraction of sp³-hybridized carbons (Fsp3) is 0.164. The van der Waals surface area contributed by atoms with Gasteiger partial charge in [0.2, 0.25) is 0 Å². The fourth-order valence-electron chi connectivity index (χ4n) is 8.41. The molecule has 4 heterocycles. The molecule has 0 radical (unpaired) electrons. The van der Waals surface area contributed by atoms with Crippen molar-refractivity contribution in [2.24, 2.45) is 0 Å². The molecule has 0 saturated heterocycles. The number of hydrogen-bond acceptors (Lipinski definition) is 4. The maximum absolute atomic E-state index is 6.82. The van der Waals surface area contributed by atoms with Crippen LogP contribution in [0.3, 0.4) is 0 Å². The molecule has 0 unspecified atom stereocenters. The Hall–Kier alpha value is -6.39. The van der Waals surface area contributed by atoms with Gasteiger partial charge in [-0.25, -0.2) is 4.98 Å². The molecular weight excluding hydrogens is 853 g/mol. The standard InChI is InChI=1S/C55H48N5O.Pd/c1-37-30-51(56-35-48(37)38-16-10-8-11-17-38)60-50-34-44(26-27-47(50)52-53(60)46-20-14-15-21-49(46)59(52)42-18-12-9-13-19-42)61-45-32-40(55(5,6)7)31-43(33-45)58-29-28-57(36-58)41-24-22-39(23-25-41)54(2,3)4;/h8-32,35-36H,1-7H3;/q-3;. The van der Waals surface area contributed by atoms with Crippen LogP contribution in [0, 0.1) is 25.7 Å². The maximum atomic E-state index is 6.82. The maximum Gasteiger partial charge on any atom is 0.135 e. The van der Waals surface area contributed by atoms with E-state index in [1.807, 2.05) is 18.3 Å². The zero-order valence-corrected chi connectivity index (χ0v) is 37.6. The molecule has 0 atom stereocenters. The van der Waals surface area contributed by atoms with E-state index in [2.05, 4.69) is 226 Å². The molecule has 7 heteroatoms. The summed E-state index contributed by atoms with van der Waals surface area (Å²) in [7, 11) is 0.